The molecule has 3 rings (SSSR count). The molecule has 3 N–H and O–H groups in total. The Kier molecular flexibility index (Phi) is 3.17. The van der Waals surface area contributed by atoms with Crippen molar-refractivity contribution in [2.45, 2.75) is 25.8 Å². The van der Waals surface area contributed by atoms with Crippen LogP contribution >= 0.6 is 0 Å². The van der Waals surface area contributed by atoms with Crippen LogP contribution in [-0.2, 0) is 4.79 Å². The Bertz CT molecular complexity index is 629. The molecule has 1 aliphatic rings. The van der Waals surface area contributed by atoms with Gasteiger partial charge in [0.05, 0.1) is 6.20 Å². The van der Waals surface area contributed by atoms with E-state index in [2.05, 4.69) is 20.2 Å². The van der Waals surface area contributed by atoms with Gasteiger partial charge in [-0.25, -0.2) is 9.97 Å². The molecule has 7 nitrogen and oxygen atoms in total. The van der Waals surface area contributed by atoms with Gasteiger partial charge in [0, 0.05) is 38.4 Å². The predicted molar refractivity (Wildman–Crippen MR) is 76.5 cm³/mol. The van der Waals surface area contributed by atoms with Crippen LogP contribution in [0.3, 0.4) is 0 Å². The largest absolute Gasteiger partial charge is 0.382 e. The van der Waals surface area contributed by atoms with E-state index in [0.29, 0.717) is 5.82 Å². The molecule has 0 bridgehead atoms. The van der Waals surface area contributed by atoms with E-state index in [4.69, 9.17) is 5.73 Å². The molecule has 1 saturated heterocycles. The van der Waals surface area contributed by atoms with Crippen LogP contribution in [0.2, 0.25) is 0 Å². The zero-order chi connectivity index (χ0) is 14.1. The number of imidazole rings is 1. The van der Waals surface area contributed by atoms with E-state index < -0.39 is 0 Å². The number of rotatable bonds is 2. The normalized spacial score (nSPS) is 16.6. The first kappa shape index (κ1) is 12.7. The van der Waals surface area contributed by atoms with Crippen LogP contribution in [0.1, 0.15) is 19.8 Å². The summed E-state index contributed by atoms with van der Waals surface area (Å²) in [5.74, 6) is 1.33. The molecule has 0 saturated carbocycles. The number of nitrogen functional groups attached to an aromatic ring is 1. The molecule has 0 atom stereocenters. The molecule has 1 amide bonds. The monoisotopic (exact) mass is 274 g/mol. The van der Waals surface area contributed by atoms with Gasteiger partial charge in [-0.2, -0.15) is 0 Å². The van der Waals surface area contributed by atoms with Crippen molar-refractivity contribution in [3.8, 4) is 0 Å². The van der Waals surface area contributed by atoms with Crippen molar-refractivity contribution in [1.29, 1.82) is 0 Å². The van der Waals surface area contributed by atoms with Gasteiger partial charge >= 0.3 is 0 Å². The highest BCUT2D eigenvalue weighted by molar-refractivity contribution is 5.73. The van der Waals surface area contributed by atoms with E-state index in [1.807, 2.05) is 10.6 Å². The fraction of sp³-hybridized carbons (Fsp3) is 0.462. The minimum Gasteiger partial charge on any atom is -0.382 e. The summed E-state index contributed by atoms with van der Waals surface area (Å²) in [6.45, 7) is 3.23. The van der Waals surface area contributed by atoms with Crippen molar-refractivity contribution in [2.24, 2.45) is 0 Å². The number of nitrogens with one attached hydrogen (secondary N) is 1. The van der Waals surface area contributed by atoms with Gasteiger partial charge < -0.3 is 20.4 Å². The van der Waals surface area contributed by atoms with E-state index in [1.54, 1.807) is 19.3 Å². The highest BCUT2D eigenvalue weighted by Crippen LogP contribution is 2.23. The van der Waals surface area contributed by atoms with Gasteiger partial charge in [0.25, 0.3) is 0 Å². The number of hydrogen-bond acceptors (Lipinski definition) is 5. The summed E-state index contributed by atoms with van der Waals surface area (Å²) in [6.07, 6.45) is 7.17. The highest BCUT2D eigenvalue weighted by atomic mass is 16.1. The molecular weight excluding hydrogens is 256 g/mol. The molecule has 1 fully saturated rings. The molecule has 0 aliphatic carbocycles. The Hall–Kier alpha value is -2.31. The number of anilines is 2. The summed E-state index contributed by atoms with van der Waals surface area (Å²) in [6, 6.07) is 0.251. The number of hydrogen-bond donors (Lipinski definition) is 2. The van der Waals surface area contributed by atoms with Crippen molar-refractivity contribution in [1.82, 2.24) is 19.7 Å². The predicted octanol–water partition coefficient (Wildman–Crippen LogP) is 0.416. The number of nitrogens with zero attached hydrogens (tertiary/aromatic N) is 4. The molecule has 0 unspecified atom stereocenters. The quantitative estimate of drug-likeness (QED) is 0.828. The van der Waals surface area contributed by atoms with Crippen molar-refractivity contribution >= 4 is 23.2 Å². The molecule has 0 aromatic carbocycles. The lowest BCUT2D eigenvalue weighted by atomic mass is 10.1. The van der Waals surface area contributed by atoms with Gasteiger partial charge in [-0.15, -0.1) is 0 Å². The first-order valence-corrected chi connectivity index (χ1v) is 6.75. The molecule has 106 valence electrons. The van der Waals surface area contributed by atoms with E-state index in [1.165, 1.54) is 0 Å². The van der Waals surface area contributed by atoms with Gasteiger partial charge in [-0.3, -0.25) is 4.79 Å². The molecule has 0 radical (unpaired) electrons. The third kappa shape index (κ3) is 2.38. The number of aromatic nitrogens is 3. The maximum atomic E-state index is 11.1. The van der Waals surface area contributed by atoms with Crippen LogP contribution in [-0.4, -0.2) is 39.4 Å². The summed E-state index contributed by atoms with van der Waals surface area (Å²) in [5, 5.41) is 2.97. The van der Waals surface area contributed by atoms with Gasteiger partial charge in [0.15, 0.2) is 11.5 Å². The Labute approximate surface area is 116 Å². The fourth-order valence-corrected chi connectivity index (χ4v) is 2.67. The van der Waals surface area contributed by atoms with Crippen LogP contribution in [0.15, 0.2) is 18.6 Å². The van der Waals surface area contributed by atoms with Crippen molar-refractivity contribution in [2.75, 3.05) is 23.7 Å². The molecule has 0 spiro atoms. The summed E-state index contributed by atoms with van der Waals surface area (Å²) < 4.78 is 1.89. The third-order valence-electron chi connectivity index (χ3n) is 3.58. The average Bonchev–Trinajstić information content (AvgIpc) is 2.86. The van der Waals surface area contributed by atoms with E-state index >= 15 is 0 Å². The second-order valence-corrected chi connectivity index (χ2v) is 5.11. The summed E-state index contributed by atoms with van der Waals surface area (Å²) >= 11 is 0. The van der Waals surface area contributed by atoms with Gasteiger partial charge in [-0.1, -0.05) is 0 Å². The fourth-order valence-electron chi connectivity index (χ4n) is 2.67. The minimum atomic E-state index is 0.0289. The molecule has 1 aliphatic heterocycles. The average molecular weight is 274 g/mol. The Balaban J connectivity index is 1.79. The maximum absolute atomic E-state index is 11.1. The smallest absolute Gasteiger partial charge is 0.217 e. The maximum Gasteiger partial charge on any atom is 0.217 e. The first-order valence-electron chi connectivity index (χ1n) is 6.75. The number of nitrogens with two attached hydrogens (primary N) is 1. The molecule has 2 aromatic heterocycles. The van der Waals surface area contributed by atoms with E-state index in [0.717, 1.165) is 37.4 Å². The SMILES string of the molecule is CC(=O)NC1CCN(c2nc(N)cn3ccnc23)CC1. The Morgan fingerprint density at radius 3 is 2.90 bits per heavy atom. The molecular formula is C13H18N6O. The molecule has 3 heterocycles. The van der Waals surface area contributed by atoms with Gasteiger partial charge in [0.1, 0.15) is 5.82 Å². The van der Waals surface area contributed by atoms with Crippen LogP contribution in [0.4, 0.5) is 11.6 Å². The number of piperidine rings is 1. The number of carbonyl (C=O) groups is 1. The highest BCUT2D eigenvalue weighted by Gasteiger charge is 2.22. The molecule has 2 aromatic rings. The first-order chi connectivity index (χ1) is 9.63. The Morgan fingerprint density at radius 2 is 2.20 bits per heavy atom. The van der Waals surface area contributed by atoms with E-state index in [-0.39, 0.29) is 11.9 Å². The Morgan fingerprint density at radius 1 is 1.45 bits per heavy atom. The lowest BCUT2D eigenvalue weighted by Crippen LogP contribution is -2.44. The van der Waals surface area contributed by atoms with Gasteiger partial charge in [0.2, 0.25) is 5.91 Å². The van der Waals surface area contributed by atoms with Gasteiger partial charge in [-0.05, 0) is 12.8 Å². The second-order valence-electron chi connectivity index (χ2n) is 5.11. The molecule has 7 heteroatoms. The summed E-state index contributed by atoms with van der Waals surface area (Å²) in [5.41, 5.74) is 6.66. The van der Waals surface area contributed by atoms with Crippen LogP contribution in [0.5, 0.6) is 0 Å². The van der Waals surface area contributed by atoms with Crippen LogP contribution in [0, 0.1) is 0 Å². The lowest BCUT2D eigenvalue weighted by Gasteiger charge is -2.33. The molecule has 20 heavy (non-hydrogen) atoms. The van der Waals surface area contributed by atoms with Crippen LogP contribution < -0.4 is 16.0 Å². The van der Waals surface area contributed by atoms with Crippen molar-refractivity contribution < 1.29 is 4.79 Å². The third-order valence-corrected chi connectivity index (χ3v) is 3.58. The second kappa shape index (κ2) is 4.99. The van der Waals surface area contributed by atoms with Crippen LogP contribution in [0.25, 0.3) is 5.65 Å². The number of carbonyl (C=O) groups excluding carboxylic acids is 1. The summed E-state index contributed by atoms with van der Waals surface area (Å²) in [4.78, 5) is 22.0. The zero-order valence-corrected chi connectivity index (χ0v) is 11.4. The van der Waals surface area contributed by atoms with Crippen molar-refractivity contribution in [3.63, 3.8) is 0 Å². The van der Waals surface area contributed by atoms with E-state index in [9.17, 15) is 4.79 Å². The number of amides is 1. The number of fused-ring (bicyclic) bond motifs is 1. The minimum absolute atomic E-state index is 0.0289. The standard InChI is InChI=1S/C13H18N6O/c1-9(20)16-10-2-5-18(6-3-10)13-12-15-4-7-19(12)8-11(14)17-13/h4,7-8,10H,2-3,5-6,14H2,1H3,(H,16,20). The van der Waals surface area contributed by atoms with Crippen molar-refractivity contribution in [3.05, 3.63) is 18.6 Å². The topological polar surface area (TPSA) is 88.5 Å². The lowest BCUT2D eigenvalue weighted by molar-refractivity contribution is -0.119. The summed E-state index contributed by atoms with van der Waals surface area (Å²) in [7, 11) is 0. The zero-order valence-electron chi connectivity index (χ0n) is 11.4.